The van der Waals surface area contributed by atoms with E-state index in [1.165, 1.54) is 50.5 Å². The lowest BCUT2D eigenvalue weighted by atomic mass is 9.74. The first kappa shape index (κ1) is 12.8. The van der Waals surface area contributed by atoms with Gasteiger partial charge in [0.05, 0.1) is 0 Å². The van der Waals surface area contributed by atoms with Crippen LogP contribution in [0.25, 0.3) is 0 Å². The average Bonchev–Trinajstić information content (AvgIpc) is 2.47. The van der Waals surface area contributed by atoms with Crippen molar-refractivity contribution in [2.75, 3.05) is 4.43 Å². The van der Waals surface area contributed by atoms with Gasteiger partial charge in [-0.25, -0.2) is 0 Å². The number of hydrogen-bond donors (Lipinski definition) is 0. The molecule has 1 aliphatic carbocycles. The third-order valence-corrected chi connectivity index (χ3v) is 5.97. The van der Waals surface area contributed by atoms with Crippen LogP contribution in [0.4, 0.5) is 0 Å². The molecule has 0 bridgehead atoms. The van der Waals surface area contributed by atoms with Gasteiger partial charge in [0.2, 0.25) is 0 Å². The molecular weight excluding hydrogens is 335 g/mol. The van der Waals surface area contributed by atoms with E-state index in [0.717, 1.165) is 16.1 Å². The first-order valence-corrected chi connectivity index (χ1v) is 8.69. The van der Waals surface area contributed by atoms with Crippen molar-refractivity contribution < 1.29 is 4.74 Å². The van der Waals surface area contributed by atoms with Crippen molar-refractivity contribution >= 4 is 22.6 Å². The number of hydrogen-bond acceptors (Lipinski definition) is 1. The number of alkyl halides is 1. The summed E-state index contributed by atoms with van der Waals surface area (Å²) < 4.78 is 7.63. The summed E-state index contributed by atoms with van der Waals surface area (Å²) in [6, 6.07) is 8.59. The number of para-hydroxylation sites is 1. The quantitative estimate of drug-likeness (QED) is 0.548. The Kier molecular flexibility index (Phi) is 3.83. The molecule has 0 aromatic heterocycles. The minimum Gasteiger partial charge on any atom is -0.486 e. The van der Waals surface area contributed by atoms with Crippen molar-refractivity contribution in [1.29, 1.82) is 0 Å². The fourth-order valence-corrected chi connectivity index (χ4v) is 4.71. The van der Waals surface area contributed by atoms with Gasteiger partial charge in [-0.1, -0.05) is 60.1 Å². The zero-order chi connectivity index (χ0) is 12.4. The molecule has 1 atom stereocenters. The summed E-state index contributed by atoms with van der Waals surface area (Å²) in [5, 5.41) is 0. The first-order chi connectivity index (χ1) is 8.84. The van der Waals surface area contributed by atoms with E-state index in [4.69, 9.17) is 4.74 Å². The number of rotatable bonds is 2. The van der Waals surface area contributed by atoms with Gasteiger partial charge in [-0.3, -0.25) is 0 Å². The Bertz CT molecular complexity index is 411. The van der Waals surface area contributed by atoms with E-state index >= 15 is 0 Å². The summed E-state index contributed by atoms with van der Waals surface area (Å²) in [6.07, 6.45) is 9.34. The van der Waals surface area contributed by atoms with Crippen LogP contribution in [0.15, 0.2) is 24.3 Å². The molecule has 2 heteroatoms. The molecule has 1 fully saturated rings. The highest BCUT2D eigenvalue weighted by Crippen LogP contribution is 2.43. The number of benzene rings is 1. The van der Waals surface area contributed by atoms with Crippen LogP contribution in [0.1, 0.15) is 44.1 Å². The van der Waals surface area contributed by atoms with Gasteiger partial charge in [-0.15, -0.1) is 0 Å². The lowest BCUT2D eigenvalue weighted by Crippen LogP contribution is -2.48. The van der Waals surface area contributed by atoms with Gasteiger partial charge in [0, 0.05) is 4.43 Å². The smallest absolute Gasteiger partial charge is 0.123 e. The number of ether oxygens (including phenoxy) is 1. The van der Waals surface area contributed by atoms with Gasteiger partial charge in [-0.2, -0.15) is 0 Å². The van der Waals surface area contributed by atoms with Crippen molar-refractivity contribution in [3.05, 3.63) is 29.8 Å². The molecule has 18 heavy (non-hydrogen) atoms. The topological polar surface area (TPSA) is 9.23 Å². The van der Waals surface area contributed by atoms with Crippen LogP contribution in [0.5, 0.6) is 5.75 Å². The predicted molar refractivity (Wildman–Crippen MR) is 83.6 cm³/mol. The van der Waals surface area contributed by atoms with Crippen LogP contribution in [-0.2, 0) is 6.42 Å². The maximum absolute atomic E-state index is 6.50. The van der Waals surface area contributed by atoms with Gasteiger partial charge < -0.3 is 4.74 Å². The number of halogens is 1. The van der Waals surface area contributed by atoms with E-state index < -0.39 is 0 Å². The van der Waals surface area contributed by atoms with Crippen LogP contribution in [0.3, 0.4) is 0 Å². The lowest BCUT2D eigenvalue weighted by Gasteiger charge is -2.44. The van der Waals surface area contributed by atoms with Crippen LogP contribution >= 0.6 is 22.6 Å². The molecule has 1 aromatic carbocycles. The molecular formula is C16H21IO. The highest BCUT2D eigenvalue weighted by atomic mass is 127. The molecule has 1 nitrogen and oxygen atoms in total. The number of aryl methyl sites for hydroxylation is 1. The zero-order valence-electron chi connectivity index (χ0n) is 10.8. The summed E-state index contributed by atoms with van der Waals surface area (Å²) in [4.78, 5) is 0. The fourth-order valence-electron chi connectivity index (χ4n) is 3.55. The molecule has 1 saturated carbocycles. The number of fused-ring (bicyclic) bond motifs is 1. The molecule has 3 rings (SSSR count). The average molecular weight is 356 g/mol. The molecule has 1 aliphatic heterocycles. The third kappa shape index (κ3) is 2.28. The van der Waals surface area contributed by atoms with Crippen LogP contribution in [-0.4, -0.2) is 10.0 Å². The van der Waals surface area contributed by atoms with Crippen LogP contribution in [0.2, 0.25) is 0 Å². The van der Waals surface area contributed by atoms with E-state index in [1.807, 2.05) is 0 Å². The Labute approximate surface area is 123 Å². The van der Waals surface area contributed by atoms with E-state index in [0.29, 0.717) is 0 Å². The highest BCUT2D eigenvalue weighted by Gasteiger charge is 2.42. The van der Waals surface area contributed by atoms with Crippen molar-refractivity contribution in [3.8, 4) is 5.75 Å². The standard InChI is InChI=1S/C16H21IO/c17-12-16(14-7-2-1-3-8-14)11-10-13-6-4-5-9-15(13)18-16/h4-6,9,14H,1-3,7-8,10-12H2. The molecule has 0 saturated heterocycles. The van der Waals surface area contributed by atoms with Crippen molar-refractivity contribution in [2.45, 2.75) is 50.5 Å². The maximum atomic E-state index is 6.50. The first-order valence-electron chi connectivity index (χ1n) is 7.17. The largest absolute Gasteiger partial charge is 0.486 e. The maximum Gasteiger partial charge on any atom is 0.123 e. The van der Waals surface area contributed by atoms with E-state index in [1.54, 1.807) is 0 Å². The van der Waals surface area contributed by atoms with E-state index in [-0.39, 0.29) is 5.60 Å². The Morgan fingerprint density at radius 3 is 2.72 bits per heavy atom. The normalized spacial score (nSPS) is 28.5. The molecule has 98 valence electrons. The Balaban J connectivity index is 1.85. The fraction of sp³-hybridized carbons (Fsp3) is 0.625. The van der Waals surface area contributed by atoms with Gasteiger partial charge in [-0.05, 0) is 43.2 Å². The molecule has 1 unspecified atom stereocenters. The molecule has 2 aliphatic rings. The Morgan fingerprint density at radius 2 is 1.94 bits per heavy atom. The summed E-state index contributed by atoms with van der Waals surface area (Å²) in [5.41, 5.74) is 1.52. The van der Waals surface area contributed by atoms with Gasteiger partial charge in [0.15, 0.2) is 0 Å². The SMILES string of the molecule is ICC1(C2CCCCC2)CCc2ccccc2O1. The van der Waals surface area contributed by atoms with Crippen LogP contribution in [0, 0.1) is 5.92 Å². The second-order valence-corrected chi connectivity index (χ2v) is 6.51. The Hall–Kier alpha value is -0.250. The third-order valence-electron chi connectivity index (χ3n) is 4.68. The van der Waals surface area contributed by atoms with Crippen molar-refractivity contribution in [1.82, 2.24) is 0 Å². The summed E-state index contributed by atoms with van der Waals surface area (Å²) >= 11 is 2.54. The van der Waals surface area contributed by atoms with E-state index in [2.05, 4.69) is 46.9 Å². The van der Waals surface area contributed by atoms with Gasteiger partial charge in [0.1, 0.15) is 11.4 Å². The second-order valence-electron chi connectivity index (χ2n) is 5.74. The van der Waals surface area contributed by atoms with Crippen LogP contribution < -0.4 is 4.74 Å². The Morgan fingerprint density at radius 1 is 1.17 bits per heavy atom. The molecule has 0 amide bonds. The van der Waals surface area contributed by atoms with Crippen molar-refractivity contribution in [3.63, 3.8) is 0 Å². The minimum absolute atomic E-state index is 0.120. The zero-order valence-corrected chi connectivity index (χ0v) is 13.0. The summed E-state index contributed by atoms with van der Waals surface area (Å²) in [7, 11) is 0. The lowest BCUT2D eigenvalue weighted by molar-refractivity contribution is -0.00248. The minimum atomic E-state index is 0.120. The second kappa shape index (κ2) is 5.40. The summed E-state index contributed by atoms with van der Waals surface area (Å²) in [5.74, 6) is 1.92. The van der Waals surface area contributed by atoms with E-state index in [9.17, 15) is 0 Å². The predicted octanol–water partition coefficient (Wildman–Crippen LogP) is 4.77. The van der Waals surface area contributed by atoms with Gasteiger partial charge in [0.25, 0.3) is 0 Å². The molecule has 0 N–H and O–H groups in total. The van der Waals surface area contributed by atoms with Gasteiger partial charge >= 0.3 is 0 Å². The molecule has 0 spiro atoms. The molecule has 0 radical (unpaired) electrons. The molecule has 1 heterocycles. The summed E-state index contributed by atoms with van der Waals surface area (Å²) in [6.45, 7) is 0. The highest BCUT2D eigenvalue weighted by molar-refractivity contribution is 14.1. The monoisotopic (exact) mass is 356 g/mol. The molecule has 1 aromatic rings. The van der Waals surface area contributed by atoms with Crippen molar-refractivity contribution in [2.24, 2.45) is 5.92 Å².